The maximum Gasteiger partial charge on any atom is 0.335 e. The molecule has 22 heavy (non-hydrogen) atoms. The van der Waals surface area contributed by atoms with Crippen LogP contribution in [0.5, 0.6) is 0 Å². The van der Waals surface area contributed by atoms with Crippen molar-refractivity contribution in [3.63, 3.8) is 0 Å². The highest BCUT2D eigenvalue weighted by atomic mass is 16.7. The third-order valence-corrected chi connectivity index (χ3v) is 3.65. The number of rotatable bonds is 7. The Morgan fingerprint density at radius 1 is 1.05 bits per heavy atom. The van der Waals surface area contributed by atoms with E-state index in [9.17, 15) is 24.9 Å². The van der Waals surface area contributed by atoms with E-state index in [0.717, 1.165) is 12.8 Å². The molecule has 0 bridgehead atoms. The van der Waals surface area contributed by atoms with E-state index in [4.69, 9.17) is 14.6 Å². The Morgan fingerprint density at radius 2 is 1.59 bits per heavy atom. The number of carboxylic acid groups (broad SMARTS) is 1. The van der Waals surface area contributed by atoms with Crippen molar-refractivity contribution in [3.8, 4) is 0 Å². The van der Waals surface area contributed by atoms with Gasteiger partial charge in [0.15, 0.2) is 6.10 Å². The molecule has 1 heterocycles. The van der Waals surface area contributed by atoms with E-state index >= 15 is 0 Å². The first kappa shape index (κ1) is 18.8. The number of esters is 1. The SMILES string of the molecule is CCCC(CCC)C(=O)OC1OC(C(=O)O)C(O)C(O)C1O. The Bertz CT molecular complexity index is 379. The van der Waals surface area contributed by atoms with Gasteiger partial charge < -0.3 is 29.9 Å². The Kier molecular flexibility index (Phi) is 7.21. The van der Waals surface area contributed by atoms with Gasteiger partial charge in [0, 0.05) is 0 Å². The first-order valence-electron chi connectivity index (χ1n) is 7.46. The number of carbonyl (C=O) groups excluding carboxylic acids is 1. The van der Waals surface area contributed by atoms with Crippen LogP contribution in [-0.4, -0.2) is 63.1 Å². The summed E-state index contributed by atoms with van der Waals surface area (Å²) in [5, 5.41) is 37.9. The molecular formula is C14H24O8. The van der Waals surface area contributed by atoms with E-state index in [-0.39, 0.29) is 5.92 Å². The highest BCUT2D eigenvalue weighted by Gasteiger charge is 2.48. The van der Waals surface area contributed by atoms with Crippen molar-refractivity contribution >= 4 is 11.9 Å². The monoisotopic (exact) mass is 320 g/mol. The minimum atomic E-state index is -1.80. The molecule has 0 spiro atoms. The highest BCUT2D eigenvalue weighted by Crippen LogP contribution is 2.24. The quantitative estimate of drug-likeness (QED) is 0.467. The summed E-state index contributed by atoms with van der Waals surface area (Å²) in [7, 11) is 0. The lowest BCUT2D eigenvalue weighted by atomic mass is 9.97. The lowest BCUT2D eigenvalue weighted by Crippen LogP contribution is -2.60. The first-order valence-corrected chi connectivity index (χ1v) is 7.46. The second-order valence-corrected chi connectivity index (χ2v) is 5.45. The molecule has 0 radical (unpaired) electrons. The second-order valence-electron chi connectivity index (χ2n) is 5.45. The van der Waals surface area contributed by atoms with Crippen molar-refractivity contribution in [1.82, 2.24) is 0 Å². The van der Waals surface area contributed by atoms with Gasteiger partial charge in [-0.05, 0) is 12.8 Å². The molecule has 5 unspecified atom stereocenters. The summed E-state index contributed by atoms with van der Waals surface area (Å²) in [4.78, 5) is 23.1. The molecule has 0 amide bonds. The third kappa shape index (κ3) is 4.39. The molecule has 0 saturated carbocycles. The van der Waals surface area contributed by atoms with Gasteiger partial charge in [0.2, 0.25) is 6.29 Å². The predicted octanol–water partition coefficient (Wildman–Crippen LogP) is -0.362. The Hall–Kier alpha value is -1.22. The number of carboxylic acids is 1. The topological polar surface area (TPSA) is 134 Å². The van der Waals surface area contributed by atoms with Gasteiger partial charge in [-0.2, -0.15) is 0 Å². The molecule has 128 valence electrons. The van der Waals surface area contributed by atoms with Gasteiger partial charge in [-0.1, -0.05) is 26.7 Å². The average molecular weight is 320 g/mol. The number of aliphatic carboxylic acids is 1. The van der Waals surface area contributed by atoms with Crippen molar-refractivity contribution in [2.24, 2.45) is 5.92 Å². The minimum absolute atomic E-state index is 0.377. The van der Waals surface area contributed by atoms with Crippen LogP contribution in [0.4, 0.5) is 0 Å². The molecule has 8 heteroatoms. The Balaban J connectivity index is 2.77. The normalized spacial score (nSPS) is 32.0. The summed E-state index contributed by atoms with van der Waals surface area (Å²) in [6, 6.07) is 0. The van der Waals surface area contributed by atoms with Crippen LogP contribution < -0.4 is 0 Å². The number of carbonyl (C=O) groups is 2. The molecule has 0 aromatic heterocycles. The van der Waals surface area contributed by atoms with Gasteiger partial charge in [-0.25, -0.2) is 4.79 Å². The third-order valence-electron chi connectivity index (χ3n) is 3.65. The molecule has 1 saturated heterocycles. The molecule has 4 N–H and O–H groups in total. The lowest BCUT2D eigenvalue weighted by molar-refractivity contribution is -0.287. The molecule has 1 fully saturated rings. The molecule has 0 aromatic rings. The van der Waals surface area contributed by atoms with Crippen LogP contribution in [-0.2, 0) is 19.1 Å². The van der Waals surface area contributed by atoms with Crippen molar-refractivity contribution in [1.29, 1.82) is 0 Å². The summed E-state index contributed by atoms with van der Waals surface area (Å²) < 4.78 is 9.94. The number of hydrogen-bond acceptors (Lipinski definition) is 7. The fourth-order valence-corrected chi connectivity index (χ4v) is 2.44. The number of ether oxygens (including phenoxy) is 2. The van der Waals surface area contributed by atoms with Crippen LogP contribution in [0, 0.1) is 5.92 Å². The number of hydrogen-bond donors (Lipinski definition) is 4. The minimum Gasteiger partial charge on any atom is -0.479 e. The largest absolute Gasteiger partial charge is 0.479 e. The van der Waals surface area contributed by atoms with E-state index in [2.05, 4.69) is 0 Å². The molecular weight excluding hydrogens is 296 g/mol. The zero-order valence-corrected chi connectivity index (χ0v) is 12.7. The maximum absolute atomic E-state index is 12.1. The smallest absolute Gasteiger partial charge is 0.335 e. The summed E-state index contributed by atoms with van der Waals surface area (Å²) in [5.41, 5.74) is 0. The second kappa shape index (κ2) is 8.42. The Labute approximate surface area is 128 Å². The summed E-state index contributed by atoms with van der Waals surface area (Å²) in [6.45, 7) is 3.84. The molecule has 1 aliphatic rings. The summed E-state index contributed by atoms with van der Waals surface area (Å²) >= 11 is 0. The fourth-order valence-electron chi connectivity index (χ4n) is 2.44. The van der Waals surface area contributed by atoms with Crippen molar-refractivity contribution in [2.75, 3.05) is 0 Å². The van der Waals surface area contributed by atoms with Crippen molar-refractivity contribution in [3.05, 3.63) is 0 Å². The van der Waals surface area contributed by atoms with E-state index in [0.29, 0.717) is 12.8 Å². The maximum atomic E-state index is 12.1. The first-order chi connectivity index (χ1) is 10.3. The van der Waals surface area contributed by atoms with E-state index < -0.39 is 42.6 Å². The van der Waals surface area contributed by atoms with Crippen LogP contribution in [0.2, 0.25) is 0 Å². The molecule has 5 atom stereocenters. The number of aliphatic hydroxyl groups is 3. The molecule has 1 rings (SSSR count). The van der Waals surface area contributed by atoms with Gasteiger partial charge in [-0.3, -0.25) is 4.79 Å². The summed E-state index contributed by atoms with van der Waals surface area (Å²) in [5.74, 6) is -2.50. The van der Waals surface area contributed by atoms with Crippen LogP contribution in [0.1, 0.15) is 39.5 Å². The number of aliphatic hydroxyl groups excluding tert-OH is 3. The molecule has 1 aliphatic heterocycles. The van der Waals surface area contributed by atoms with Crippen molar-refractivity contribution in [2.45, 2.75) is 70.2 Å². The van der Waals surface area contributed by atoms with Gasteiger partial charge in [0.05, 0.1) is 5.92 Å². The highest BCUT2D eigenvalue weighted by molar-refractivity contribution is 5.74. The van der Waals surface area contributed by atoms with E-state index in [1.165, 1.54) is 0 Å². The predicted molar refractivity (Wildman–Crippen MR) is 73.7 cm³/mol. The van der Waals surface area contributed by atoms with Gasteiger partial charge in [-0.15, -0.1) is 0 Å². The van der Waals surface area contributed by atoms with E-state index in [1.807, 2.05) is 13.8 Å². The van der Waals surface area contributed by atoms with Crippen LogP contribution in [0.3, 0.4) is 0 Å². The van der Waals surface area contributed by atoms with Gasteiger partial charge in [0.25, 0.3) is 0 Å². The zero-order chi connectivity index (χ0) is 16.9. The fraction of sp³-hybridized carbons (Fsp3) is 0.857. The van der Waals surface area contributed by atoms with Gasteiger partial charge >= 0.3 is 11.9 Å². The van der Waals surface area contributed by atoms with E-state index in [1.54, 1.807) is 0 Å². The average Bonchev–Trinajstić information content (AvgIpc) is 2.47. The van der Waals surface area contributed by atoms with Crippen LogP contribution >= 0.6 is 0 Å². The zero-order valence-electron chi connectivity index (χ0n) is 12.7. The van der Waals surface area contributed by atoms with Crippen LogP contribution in [0.15, 0.2) is 0 Å². The Morgan fingerprint density at radius 3 is 2.05 bits per heavy atom. The lowest BCUT2D eigenvalue weighted by Gasteiger charge is -2.38. The molecule has 0 aliphatic carbocycles. The van der Waals surface area contributed by atoms with Crippen LogP contribution in [0.25, 0.3) is 0 Å². The summed E-state index contributed by atoms with van der Waals surface area (Å²) in [6.07, 6.45) is -5.94. The van der Waals surface area contributed by atoms with Crippen molar-refractivity contribution < 1.29 is 39.5 Å². The standard InChI is InChI=1S/C14H24O8/c1-3-5-7(6-4-2)13(20)22-14-10(17)8(15)9(16)11(21-14)12(18)19/h7-11,14-17H,3-6H2,1-2H3,(H,18,19). The molecule has 8 nitrogen and oxygen atoms in total. The van der Waals surface area contributed by atoms with Gasteiger partial charge in [0.1, 0.15) is 18.3 Å². The molecule has 0 aromatic carbocycles.